The number of hydrogen-bond donors (Lipinski definition) is 1. The SMILES string of the molecule is CSc1nc(Cl)cc(SC[C@@H]2CCCCN2)n1. The maximum Gasteiger partial charge on any atom is 0.189 e. The molecule has 1 N–H and O–H groups in total. The Morgan fingerprint density at radius 2 is 2.35 bits per heavy atom. The Kier molecular flexibility index (Phi) is 5.41. The van der Waals surface area contributed by atoms with Crippen molar-refractivity contribution in [2.24, 2.45) is 0 Å². The monoisotopic (exact) mass is 289 g/mol. The van der Waals surface area contributed by atoms with Gasteiger partial charge in [-0.1, -0.05) is 29.8 Å². The molecule has 0 unspecified atom stereocenters. The van der Waals surface area contributed by atoms with E-state index in [1.165, 1.54) is 31.0 Å². The van der Waals surface area contributed by atoms with E-state index in [-0.39, 0.29) is 0 Å². The van der Waals surface area contributed by atoms with E-state index in [1.807, 2.05) is 12.3 Å². The first-order valence-electron chi connectivity index (χ1n) is 5.72. The van der Waals surface area contributed by atoms with Crippen molar-refractivity contribution < 1.29 is 0 Å². The molecule has 0 bridgehead atoms. The fourth-order valence-corrected chi connectivity index (χ4v) is 3.53. The number of piperidine rings is 1. The number of nitrogens with zero attached hydrogens (tertiary/aromatic N) is 2. The fraction of sp³-hybridized carbons (Fsp3) is 0.636. The molecule has 1 aromatic heterocycles. The number of halogens is 1. The van der Waals surface area contributed by atoms with Gasteiger partial charge in [-0.3, -0.25) is 0 Å². The predicted octanol–water partition coefficient (Wildman–Crippen LogP) is 3.09. The molecule has 0 amide bonds. The van der Waals surface area contributed by atoms with Crippen molar-refractivity contribution in [2.45, 2.75) is 35.5 Å². The Hall–Kier alpha value is 0.0300. The Morgan fingerprint density at radius 3 is 3.06 bits per heavy atom. The summed E-state index contributed by atoms with van der Waals surface area (Å²) in [6.07, 6.45) is 5.86. The minimum absolute atomic E-state index is 0.531. The Bertz CT molecular complexity index is 370. The van der Waals surface area contributed by atoms with Crippen LogP contribution in [0.1, 0.15) is 19.3 Å². The molecule has 17 heavy (non-hydrogen) atoms. The molecule has 0 saturated carbocycles. The lowest BCUT2D eigenvalue weighted by molar-refractivity contribution is 0.430. The highest BCUT2D eigenvalue weighted by atomic mass is 35.5. The molecule has 0 spiro atoms. The smallest absolute Gasteiger partial charge is 0.189 e. The molecular formula is C11H16ClN3S2. The third kappa shape index (κ3) is 4.32. The number of rotatable bonds is 4. The second-order valence-electron chi connectivity index (χ2n) is 3.97. The number of aromatic nitrogens is 2. The van der Waals surface area contributed by atoms with Crippen LogP contribution >= 0.6 is 35.1 Å². The topological polar surface area (TPSA) is 37.8 Å². The summed E-state index contributed by atoms with van der Waals surface area (Å²) < 4.78 is 0. The first-order valence-corrected chi connectivity index (χ1v) is 8.31. The van der Waals surface area contributed by atoms with E-state index in [0.717, 1.165) is 22.5 Å². The predicted molar refractivity (Wildman–Crippen MR) is 75.2 cm³/mol. The van der Waals surface area contributed by atoms with E-state index < -0.39 is 0 Å². The largest absolute Gasteiger partial charge is 0.313 e. The van der Waals surface area contributed by atoms with Gasteiger partial charge in [0, 0.05) is 17.9 Å². The van der Waals surface area contributed by atoms with Crippen LogP contribution in [0.4, 0.5) is 0 Å². The third-order valence-corrected chi connectivity index (χ3v) is 4.49. The van der Waals surface area contributed by atoms with Gasteiger partial charge in [-0.15, -0.1) is 11.8 Å². The molecule has 2 heterocycles. The van der Waals surface area contributed by atoms with Gasteiger partial charge in [-0.25, -0.2) is 9.97 Å². The van der Waals surface area contributed by atoms with E-state index in [1.54, 1.807) is 11.8 Å². The molecule has 1 saturated heterocycles. The van der Waals surface area contributed by atoms with Gasteiger partial charge in [0.25, 0.3) is 0 Å². The molecule has 0 aromatic carbocycles. The van der Waals surface area contributed by atoms with Crippen LogP contribution in [0.2, 0.25) is 5.15 Å². The van der Waals surface area contributed by atoms with Crippen molar-refractivity contribution in [3.05, 3.63) is 11.2 Å². The average Bonchev–Trinajstić information content (AvgIpc) is 2.37. The Morgan fingerprint density at radius 1 is 1.47 bits per heavy atom. The minimum Gasteiger partial charge on any atom is -0.313 e. The Labute approximate surface area is 116 Å². The van der Waals surface area contributed by atoms with Crippen LogP contribution in [0.15, 0.2) is 16.2 Å². The van der Waals surface area contributed by atoms with Crippen LogP contribution in [0.3, 0.4) is 0 Å². The molecule has 3 nitrogen and oxygen atoms in total. The van der Waals surface area contributed by atoms with Crippen LogP contribution in [-0.4, -0.2) is 34.6 Å². The first kappa shape index (κ1) is 13.5. The fourth-order valence-electron chi connectivity index (χ4n) is 1.79. The highest BCUT2D eigenvalue weighted by molar-refractivity contribution is 7.99. The van der Waals surface area contributed by atoms with E-state index >= 15 is 0 Å². The zero-order valence-corrected chi connectivity index (χ0v) is 12.2. The summed E-state index contributed by atoms with van der Waals surface area (Å²) in [5.41, 5.74) is 0. The van der Waals surface area contributed by atoms with E-state index in [0.29, 0.717) is 11.2 Å². The summed E-state index contributed by atoms with van der Waals surface area (Å²) in [5.74, 6) is 1.06. The minimum atomic E-state index is 0.531. The second kappa shape index (κ2) is 6.83. The molecule has 94 valence electrons. The van der Waals surface area contributed by atoms with Gasteiger partial charge < -0.3 is 5.32 Å². The van der Waals surface area contributed by atoms with Gasteiger partial charge in [-0.2, -0.15) is 0 Å². The van der Waals surface area contributed by atoms with Gasteiger partial charge in [-0.05, 0) is 25.6 Å². The van der Waals surface area contributed by atoms with Gasteiger partial charge in [0.2, 0.25) is 0 Å². The lowest BCUT2D eigenvalue weighted by Crippen LogP contribution is -2.35. The van der Waals surface area contributed by atoms with Crippen molar-refractivity contribution in [1.29, 1.82) is 0 Å². The van der Waals surface area contributed by atoms with E-state index in [2.05, 4.69) is 15.3 Å². The summed E-state index contributed by atoms with van der Waals surface area (Å²) in [6.45, 7) is 1.14. The summed E-state index contributed by atoms with van der Waals surface area (Å²) in [6, 6.07) is 2.45. The van der Waals surface area contributed by atoms with Crippen LogP contribution in [0.25, 0.3) is 0 Å². The summed E-state index contributed by atoms with van der Waals surface area (Å²) in [4.78, 5) is 8.57. The number of nitrogens with one attached hydrogen (secondary N) is 1. The lowest BCUT2D eigenvalue weighted by Gasteiger charge is -2.22. The zero-order chi connectivity index (χ0) is 12.1. The van der Waals surface area contributed by atoms with Crippen LogP contribution in [0, 0.1) is 0 Å². The van der Waals surface area contributed by atoms with Crippen LogP contribution < -0.4 is 5.32 Å². The molecule has 0 radical (unpaired) electrons. The molecular weight excluding hydrogens is 274 g/mol. The summed E-state index contributed by atoms with van der Waals surface area (Å²) in [7, 11) is 0. The average molecular weight is 290 g/mol. The van der Waals surface area contributed by atoms with Crippen LogP contribution in [0.5, 0.6) is 0 Å². The van der Waals surface area contributed by atoms with E-state index in [4.69, 9.17) is 11.6 Å². The molecule has 6 heteroatoms. The molecule has 1 aliphatic heterocycles. The van der Waals surface area contributed by atoms with Crippen molar-refractivity contribution in [3.63, 3.8) is 0 Å². The second-order valence-corrected chi connectivity index (χ2v) is 6.17. The van der Waals surface area contributed by atoms with Gasteiger partial charge >= 0.3 is 0 Å². The third-order valence-electron chi connectivity index (χ3n) is 2.68. The molecule has 1 aliphatic rings. The summed E-state index contributed by atoms with van der Waals surface area (Å²) >= 11 is 9.24. The highest BCUT2D eigenvalue weighted by Gasteiger charge is 2.13. The standard InChI is InChI=1S/C11H16ClN3S2/c1-16-11-14-9(12)6-10(15-11)17-7-8-4-2-3-5-13-8/h6,8,13H,2-5,7H2,1H3/t8-/m0/s1. The van der Waals surface area contributed by atoms with Crippen molar-refractivity contribution in [2.75, 3.05) is 18.6 Å². The molecule has 0 aliphatic carbocycles. The molecule has 1 fully saturated rings. The van der Waals surface area contributed by atoms with Crippen LogP contribution in [-0.2, 0) is 0 Å². The molecule has 1 atom stereocenters. The normalized spacial score (nSPS) is 20.5. The lowest BCUT2D eigenvalue weighted by atomic mass is 10.1. The van der Waals surface area contributed by atoms with Crippen molar-refractivity contribution in [1.82, 2.24) is 15.3 Å². The highest BCUT2D eigenvalue weighted by Crippen LogP contribution is 2.24. The van der Waals surface area contributed by atoms with Crippen molar-refractivity contribution >= 4 is 35.1 Å². The maximum absolute atomic E-state index is 5.96. The van der Waals surface area contributed by atoms with Gasteiger partial charge in [0.05, 0.1) is 0 Å². The van der Waals surface area contributed by atoms with Crippen molar-refractivity contribution in [3.8, 4) is 0 Å². The summed E-state index contributed by atoms with van der Waals surface area (Å²) in [5, 5.41) is 5.78. The molecule has 1 aromatic rings. The van der Waals surface area contributed by atoms with Gasteiger partial charge in [0.1, 0.15) is 10.2 Å². The maximum atomic E-state index is 5.96. The zero-order valence-electron chi connectivity index (χ0n) is 9.78. The Balaban J connectivity index is 1.91. The van der Waals surface area contributed by atoms with E-state index in [9.17, 15) is 0 Å². The first-order chi connectivity index (χ1) is 8.28. The quantitative estimate of drug-likeness (QED) is 0.524. The number of hydrogen-bond acceptors (Lipinski definition) is 5. The molecule has 2 rings (SSSR count). The number of thioether (sulfide) groups is 2. The van der Waals surface area contributed by atoms with Gasteiger partial charge in [0.15, 0.2) is 5.16 Å².